The third kappa shape index (κ3) is 3.87. The Hall–Kier alpha value is -1.72. The molecule has 0 spiro atoms. The van der Waals surface area contributed by atoms with Crippen molar-refractivity contribution in [1.29, 1.82) is 0 Å². The topological polar surface area (TPSA) is 68.0 Å². The van der Waals surface area contributed by atoms with Crippen LogP contribution >= 0.6 is 11.3 Å². The molecule has 1 heterocycles. The van der Waals surface area contributed by atoms with Gasteiger partial charge in [-0.25, -0.2) is 4.98 Å². The molecule has 0 aliphatic heterocycles. The lowest BCUT2D eigenvalue weighted by Crippen LogP contribution is -2.25. The van der Waals surface area contributed by atoms with E-state index in [0.29, 0.717) is 18.7 Å². The highest BCUT2D eigenvalue weighted by Gasteiger charge is 2.06. The maximum atomic E-state index is 11.9. The van der Waals surface area contributed by atoms with Gasteiger partial charge in [0.15, 0.2) is 0 Å². The number of benzene rings is 1. The zero-order chi connectivity index (χ0) is 13.7. The van der Waals surface area contributed by atoms with Gasteiger partial charge in [0, 0.05) is 36.1 Å². The smallest absolute Gasteiger partial charge is 0.251 e. The van der Waals surface area contributed by atoms with Crippen LogP contribution in [0.2, 0.25) is 0 Å². The predicted octanol–water partition coefficient (Wildman–Crippen LogP) is 1.88. The average molecular weight is 275 g/mol. The molecule has 0 aliphatic rings. The number of aromatic nitrogens is 1. The van der Waals surface area contributed by atoms with Crippen LogP contribution in [-0.4, -0.2) is 17.4 Å². The van der Waals surface area contributed by atoms with Crippen molar-refractivity contribution >= 4 is 17.2 Å². The van der Waals surface area contributed by atoms with E-state index in [1.807, 2.05) is 30.5 Å². The fraction of sp³-hybridized carbons (Fsp3) is 0.286. The molecule has 19 heavy (non-hydrogen) atoms. The SMILES string of the molecule is Cc1csc(CCNC(=O)c2cccc(CN)c2)n1. The Bertz CT molecular complexity index is 565. The van der Waals surface area contributed by atoms with Gasteiger partial charge in [-0.1, -0.05) is 12.1 Å². The lowest BCUT2D eigenvalue weighted by Gasteiger charge is -2.05. The minimum atomic E-state index is -0.0661. The number of thiazole rings is 1. The minimum absolute atomic E-state index is 0.0661. The number of rotatable bonds is 5. The molecule has 0 saturated carbocycles. The zero-order valence-electron chi connectivity index (χ0n) is 10.8. The molecule has 0 aliphatic carbocycles. The van der Waals surface area contributed by atoms with E-state index in [1.165, 1.54) is 0 Å². The molecule has 0 radical (unpaired) electrons. The maximum absolute atomic E-state index is 11.9. The second-order valence-electron chi connectivity index (χ2n) is 4.29. The Kier molecular flexibility index (Phi) is 4.65. The van der Waals surface area contributed by atoms with E-state index in [2.05, 4.69) is 10.3 Å². The molecule has 0 saturated heterocycles. The van der Waals surface area contributed by atoms with Gasteiger partial charge in [-0.2, -0.15) is 0 Å². The number of carbonyl (C=O) groups excluding carboxylic acids is 1. The summed E-state index contributed by atoms with van der Waals surface area (Å²) >= 11 is 1.62. The summed E-state index contributed by atoms with van der Waals surface area (Å²) in [6, 6.07) is 7.38. The monoisotopic (exact) mass is 275 g/mol. The van der Waals surface area contributed by atoms with Gasteiger partial charge >= 0.3 is 0 Å². The van der Waals surface area contributed by atoms with Gasteiger partial charge in [0.25, 0.3) is 5.91 Å². The third-order valence-corrected chi connectivity index (χ3v) is 3.74. The highest BCUT2D eigenvalue weighted by molar-refractivity contribution is 7.09. The van der Waals surface area contributed by atoms with Gasteiger partial charge in [-0.3, -0.25) is 4.79 Å². The summed E-state index contributed by atoms with van der Waals surface area (Å²) < 4.78 is 0. The summed E-state index contributed by atoms with van der Waals surface area (Å²) in [5, 5.41) is 5.96. The summed E-state index contributed by atoms with van der Waals surface area (Å²) in [6.45, 7) is 3.01. The van der Waals surface area contributed by atoms with Crippen molar-refractivity contribution in [3.8, 4) is 0 Å². The molecule has 0 atom stereocenters. The molecule has 5 heteroatoms. The Morgan fingerprint density at radius 3 is 3.00 bits per heavy atom. The van der Waals surface area contributed by atoms with Crippen LogP contribution in [0.1, 0.15) is 26.6 Å². The van der Waals surface area contributed by atoms with Crippen molar-refractivity contribution in [3.63, 3.8) is 0 Å². The third-order valence-electron chi connectivity index (χ3n) is 2.72. The Balaban J connectivity index is 1.87. The predicted molar refractivity (Wildman–Crippen MR) is 77.2 cm³/mol. The molecule has 2 rings (SSSR count). The first-order valence-electron chi connectivity index (χ1n) is 6.17. The van der Waals surface area contributed by atoms with E-state index in [9.17, 15) is 4.79 Å². The number of nitrogens with one attached hydrogen (secondary N) is 1. The lowest BCUT2D eigenvalue weighted by atomic mass is 10.1. The number of hydrogen-bond acceptors (Lipinski definition) is 4. The summed E-state index contributed by atoms with van der Waals surface area (Å²) in [4.78, 5) is 16.3. The highest BCUT2D eigenvalue weighted by Crippen LogP contribution is 2.09. The van der Waals surface area contributed by atoms with E-state index in [0.717, 1.165) is 22.7 Å². The van der Waals surface area contributed by atoms with E-state index in [4.69, 9.17) is 5.73 Å². The van der Waals surface area contributed by atoms with E-state index in [-0.39, 0.29) is 5.91 Å². The van der Waals surface area contributed by atoms with Gasteiger partial charge in [0.2, 0.25) is 0 Å². The summed E-state index contributed by atoms with van der Waals surface area (Å²) in [6.07, 6.45) is 0.765. The molecule has 0 unspecified atom stereocenters. The Labute approximate surface area is 116 Å². The minimum Gasteiger partial charge on any atom is -0.352 e. The van der Waals surface area contributed by atoms with Gasteiger partial charge in [-0.05, 0) is 24.6 Å². The number of nitrogens with two attached hydrogens (primary N) is 1. The molecule has 1 amide bonds. The molecule has 100 valence electrons. The number of carbonyl (C=O) groups is 1. The van der Waals surface area contributed by atoms with E-state index < -0.39 is 0 Å². The standard InChI is InChI=1S/C14H17N3OS/c1-10-9-19-13(17-10)5-6-16-14(18)12-4-2-3-11(7-12)8-15/h2-4,7,9H,5-6,8,15H2,1H3,(H,16,18). The fourth-order valence-electron chi connectivity index (χ4n) is 1.74. The van der Waals surface area contributed by atoms with Crippen molar-refractivity contribution < 1.29 is 4.79 Å². The van der Waals surface area contributed by atoms with Gasteiger partial charge in [0.1, 0.15) is 0 Å². The number of aryl methyl sites for hydroxylation is 1. The number of nitrogens with zero attached hydrogens (tertiary/aromatic N) is 1. The van der Waals surface area contributed by atoms with Crippen molar-refractivity contribution in [3.05, 3.63) is 51.5 Å². The van der Waals surface area contributed by atoms with Crippen LogP contribution in [0, 0.1) is 6.92 Å². The maximum Gasteiger partial charge on any atom is 0.251 e. The van der Waals surface area contributed by atoms with Gasteiger partial charge < -0.3 is 11.1 Å². The quantitative estimate of drug-likeness (QED) is 0.875. The van der Waals surface area contributed by atoms with Crippen LogP contribution in [0.4, 0.5) is 0 Å². The molecule has 1 aromatic carbocycles. The summed E-state index contributed by atoms with van der Waals surface area (Å²) in [5.41, 5.74) is 8.20. The normalized spacial score (nSPS) is 10.4. The number of hydrogen-bond donors (Lipinski definition) is 2. The van der Waals surface area contributed by atoms with Crippen molar-refractivity contribution in [2.24, 2.45) is 5.73 Å². The van der Waals surface area contributed by atoms with Crippen LogP contribution in [0.3, 0.4) is 0 Å². The van der Waals surface area contributed by atoms with E-state index in [1.54, 1.807) is 17.4 Å². The molecule has 2 aromatic rings. The van der Waals surface area contributed by atoms with Crippen molar-refractivity contribution in [2.75, 3.05) is 6.54 Å². The second kappa shape index (κ2) is 6.45. The van der Waals surface area contributed by atoms with Crippen LogP contribution < -0.4 is 11.1 Å². The first-order chi connectivity index (χ1) is 9.19. The highest BCUT2D eigenvalue weighted by atomic mass is 32.1. The Morgan fingerprint density at radius 1 is 1.47 bits per heavy atom. The molecular formula is C14H17N3OS. The zero-order valence-corrected chi connectivity index (χ0v) is 11.7. The molecule has 4 nitrogen and oxygen atoms in total. The molecular weight excluding hydrogens is 258 g/mol. The summed E-state index contributed by atoms with van der Waals surface area (Å²) in [5.74, 6) is -0.0661. The number of amides is 1. The average Bonchev–Trinajstić information content (AvgIpc) is 2.84. The van der Waals surface area contributed by atoms with Crippen molar-refractivity contribution in [2.45, 2.75) is 19.9 Å². The van der Waals surface area contributed by atoms with Crippen LogP contribution in [0.15, 0.2) is 29.6 Å². The van der Waals surface area contributed by atoms with Gasteiger partial charge in [-0.15, -0.1) is 11.3 Å². The molecule has 0 bridgehead atoms. The molecule has 0 fully saturated rings. The second-order valence-corrected chi connectivity index (χ2v) is 5.24. The largest absolute Gasteiger partial charge is 0.352 e. The Morgan fingerprint density at radius 2 is 2.32 bits per heavy atom. The van der Waals surface area contributed by atoms with Crippen LogP contribution in [0.25, 0.3) is 0 Å². The van der Waals surface area contributed by atoms with Crippen LogP contribution in [-0.2, 0) is 13.0 Å². The van der Waals surface area contributed by atoms with E-state index >= 15 is 0 Å². The first kappa shape index (κ1) is 13.7. The fourth-order valence-corrected chi connectivity index (χ4v) is 2.52. The summed E-state index contributed by atoms with van der Waals surface area (Å²) in [7, 11) is 0. The molecule has 3 N–H and O–H groups in total. The van der Waals surface area contributed by atoms with Gasteiger partial charge in [0.05, 0.1) is 5.01 Å². The van der Waals surface area contributed by atoms with Crippen molar-refractivity contribution in [1.82, 2.24) is 10.3 Å². The first-order valence-corrected chi connectivity index (χ1v) is 7.05. The lowest BCUT2D eigenvalue weighted by molar-refractivity contribution is 0.0954. The molecule has 1 aromatic heterocycles. The van der Waals surface area contributed by atoms with Crippen LogP contribution in [0.5, 0.6) is 0 Å².